The van der Waals surface area contributed by atoms with Gasteiger partial charge in [-0.2, -0.15) is 0 Å². The Bertz CT molecular complexity index is 277. The van der Waals surface area contributed by atoms with E-state index in [2.05, 4.69) is 33.8 Å². The van der Waals surface area contributed by atoms with Gasteiger partial charge in [0, 0.05) is 0 Å². The predicted molar refractivity (Wildman–Crippen MR) is 69.5 cm³/mol. The Morgan fingerprint density at radius 2 is 2.00 bits per heavy atom. The average Bonchev–Trinajstić information content (AvgIpc) is 2.74. The van der Waals surface area contributed by atoms with Gasteiger partial charge in [-0.05, 0) is 30.1 Å². The van der Waals surface area contributed by atoms with E-state index in [0.717, 1.165) is 6.71 Å². The van der Waals surface area contributed by atoms with Gasteiger partial charge in [0.2, 0.25) is 0 Å². The third-order valence-electron chi connectivity index (χ3n) is 5.47. The van der Waals surface area contributed by atoms with Gasteiger partial charge in [0.15, 0.2) is 6.71 Å². The molecule has 0 aromatic rings. The van der Waals surface area contributed by atoms with Gasteiger partial charge in [-0.15, -0.1) is 5.47 Å². The van der Waals surface area contributed by atoms with E-state index in [1.165, 1.54) is 38.3 Å². The highest BCUT2D eigenvalue weighted by Crippen LogP contribution is 2.56. The molecule has 0 aromatic heterocycles. The number of rotatable bonds is 2. The molecule has 84 valence electrons. The summed E-state index contributed by atoms with van der Waals surface area (Å²) in [6, 6.07) is 0. The summed E-state index contributed by atoms with van der Waals surface area (Å²) in [6.45, 7) is 10.7. The van der Waals surface area contributed by atoms with Crippen molar-refractivity contribution in [3.05, 3.63) is 11.5 Å². The van der Waals surface area contributed by atoms with E-state index >= 15 is 0 Å². The predicted octanol–water partition coefficient (Wildman–Crippen LogP) is 4.59. The zero-order valence-corrected chi connectivity index (χ0v) is 10.9. The molecule has 1 fully saturated rings. The molecule has 1 heterocycles. The van der Waals surface area contributed by atoms with Crippen LogP contribution in [0.3, 0.4) is 0 Å². The molecule has 15 heavy (non-hydrogen) atoms. The second-order valence-corrected chi connectivity index (χ2v) is 6.57. The molecular formula is C14H25B. The van der Waals surface area contributed by atoms with Gasteiger partial charge in [0.25, 0.3) is 0 Å². The molecule has 2 aliphatic rings. The summed E-state index contributed by atoms with van der Waals surface area (Å²) in [4.78, 5) is 0. The Hall–Kier alpha value is -0.195. The third kappa shape index (κ3) is 1.79. The zero-order chi connectivity index (χ0) is 11.1. The highest BCUT2D eigenvalue weighted by molar-refractivity contribution is 6.68. The van der Waals surface area contributed by atoms with Gasteiger partial charge in [-0.3, -0.25) is 0 Å². The maximum absolute atomic E-state index is 2.53. The monoisotopic (exact) mass is 204 g/mol. The molecule has 0 spiro atoms. The van der Waals surface area contributed by atoms with Gasteiger partial charge in [0.05, 0.1) is 0 Å². The summed E-state index contributed by atoms with van der Waals surface area (Å²) in [5, 5.41) is 0. The summed E-state index contributed by atoms with van der Waals surface area (Å²) in [5.41, 5.74) is 2.90. The molecular weight excluding hydrogens is 179 g/mol. The quantitative estimate of drug-likeness (QED) is 0.577. The van der Waals surface area contributed by atoms with Crippen LogP contribution >= 0.6 is 0 Å². The second kappa shape index (κ2) is 3.68. The van der Waals surface area contributed by atoms with E-state index in [-0.39, 0.29) is 0 Å². The average molecular weight is 204 g/mol. The smallest absolute Gasteiger partial charge is 0.105 e. The van der Waals surface area contributed by atoms with Crippen molar-refractivity contribution in [2.75, 3.05) is 0 Å². The van der Waals surface area contributed by atoms with Crippen LogP contribution in [0, 0.1) is 10.8 Å². The Labute approximate surface area is 95.6 Å². The van der Waals surface area contributed by atoms with Crippen LogP contribution in [0.2, 0.25) is 12.6 Å². The van der Waals surface area contributed by atoms with Crippen molar-refractivity contribution in [2.24, 2.45) is 10.8 Å². The molecule has 1 aliphatic heterocycles. The largest absolute Gasteiger partial charge is 0.171 e. The molecule has 0 amide bonds. The number of allylic oxidation sites excluding steroid dienone is 2. The molecule has 1 aliphatic carbocycles. The lowest BCUT2D eigenvalue weighted by molar-refractivity contribution is 0.146. The summed E-state index contributed by atoms with van der Waals surface area (Å²) in [5.74, 6) is 0. The van der Waals surface area contributed by atoms with Crippen LogP contribution in [0.25, 0.3) is 0 Å². The van der Waals surface area contributed by atoms with Gasteiger partial charge in [-0.25, -0.2) is 0 Å². The van der Waals surface area contributed by atoms with Crippen LogP contribution in [-0.2, 0) is 0 Å². The molecule has 1 heteroatoms. The van der Waals surface area contributed by atoms with E-state index in [0.29, 0.717) is 10.8 Å². The molecule has 1 unspecified atom stereocenters. The lowest BCUT2D eigenvalue weighted by Crippen LogP contribution is -2.27. The first-order valence-electron chi connectivity index (χ1n) is 6.67. The van der Waals surface area contributed by atoms with Gasteiger partial charge < -0.3 is 0 Å². The molecule has 0 aromatic carbocycles. The second-order valence-electron chi connectivity index (χ2n) is 6.57. The van der Waals surface area contributed by atoms with E-state index in [9.17, 15) is 0 Å². The topological polar surface area (TPSA) is 0 Å². The van der Waals surface area contributed by atoms with E-state index in [4.69, 9.17) is 0 Å². The van der Waals surface area contributed by atoms with Crippen LogP contribution in [0.5, 0.6) is 0 Å². The molecule has 0 saturated carbocycles. The van der Waals surface area contributed by atoms with Crippen molar-refractivity contribution in [3.8, 4) is 0 Å². The molecule has 0 bridgehead atoms. The van der Waals surface area contributed by atoms with Crippen molar-refractivity contribution in [2.45, 2.75) is 66.0 Å². The Balaban J connectivity index is 2.15. The summed E-state index contributed by atoms with van der Waals surface area (Å²) in [6.07, 6.45) is 10.9. The first-order chi connectivity index (χ1) is 6.98. The number of hydrogen-bond donors (Lipinski definition) is 0. The van der Waals surface area contributed by atoms with Crippen LogP contribution < -0.4 is 0 Å². The van der Waals surface area contributed by atoms with Crippen molar-refractivity contribution in [1.82, 2.24) is 0 Å². The highest BCUT2D eigenvalue weighted by Gasteiger charge is 2.50. The van der Waals surface area contributed by atoms with Crippen molar-refractivity contribution in [3.63, 3.8) is 0 Å². The van der Waals surface area contributed by atoms with Crippen molar-refractivity contribution in [1.29, 1.82) is 0 Å². The van der Waals surface area contributed by atoms with E-state index in [1.807, 2.05) is 0 Å². The Kier molecular flexibility index (Phi) is 2.77. The minimum Gasteiger partial charge on any atom is -0.105 e. The molecule has 1 saturated heterocycles. The van der Waals surface area contributed by atoms with E-state index in [1.54, 1.807) is 5.47 Å². The maximum atomic E-state index is 2.53. The minimum atomic E-state index is 0.538. The molecule has 2 rings (SSSR count). The highest BCUT2D eigenvalue weighted by atomic mass is 14.4. The Morgan fingerprint density at radius 1 is 1.27 bits per heavy atom. The minimum absolute atomic E-state index is 0.538. The molecule has 0 radical (unpaired) electrons. The maximum Gasteiger partial charge on any atom is 0.171 e. The molecule has 1 atom stereocenters. The normalized spacial score (nSPS) is 34.7. The zero-order valence-electron chi connectivity index (χ0n) is 10.9. The summed E-state index contributed by atoms with van der Waals surface area (Å²) < 4.78 is 0. The summed E-state index contributed by atoms with van der Waals surface area (Å²) >= 11 is 0. The fraction of sp³-hybridized carbons (Fsp3) is 0.857. The fourth-order valence-electron chi connectivity index (χ4n) is 3.71. The van der Waals surface area contributed by atoms with E-state index < -0.39 is 0 Å². The molecule has 0 N–H and O–H groups in total. The molecule has 0 nitrogen and oxygen atoms in total. The van der Waals surface area contributed by atoms with Gasteiger partial charge >= 0.3 is 0 Å². The van der Waals surface area contributed by atoms with Crippen molar-refractivity contribution >= 4 is 6.71 Å². The third-order valence-corrected chi connectivity index (χ3v) is 5.47. The van der Waals surface area contributed by atoms with Crippen molar-refractivity contribution < 1.29 is 0 Å². The van der Waals surface area contributed by atoms with Crippen LogP contribution in [-0.4, -0.2) is 6.71 Å². The SMILES string of the molecule is CCC1(C)CB(C2=CCCC2)CC1(C)C. The van der Waals surface area contributed by atoms with Crippen LogP contribution in [0.15, 0.2) is 11.5 Å². The number of hydrogen-bond acceptors (Lipinski definition) is 0. The van der Waals surface area contributed by atoms with Gasteiger partial charge in [-0.1, -0.05) is 52.8 Å². The summed E-state index contributed by atoms with van der Waals surface area (Å²) in [7, 11) is 0. The lowest BCUT2D eigenvalue weighted by atomic mass is 9.41. The van der Waals surface area contributed by atoms with Crippen LogP contribution in [0.1, 0.15) is 53.4 Å². The Morgan fingerprint density at radius 3 is 2.47 bits per heavy atom. The lowest BCUT2D eigenvalue weighted by Gasteiger charge is -2.38. The standard InChI is InChI=1S/C14H25B/c1-5-14(4)11-15(10-13(14,2)3)12-8-6-7-9-12/h8H,5-7,9-11H2,1-4H3. The first-order valence-corrected chi connectivity index (χ1v) is 6.67. The fourth-order valence-corrected chi connectivity index (χ4v) is 3.71. The van der Waals surface area contributed by atoms with Gasteiger partial charge in [0.1, 0.15) is 0 Å². The first kappa shape index (κ1) is 11.3. The van der Waals surface area contributed by atoms with Crippen LogP contribution in [0.4, 0.5) is 0 Å².